The number of benzene rings is 2. The number of anilines is 1. The summed E-state index contributed by atoms with van der Waals surface area (Å²) >= 11 is -2.41. The van der Waals surface area contributed by atoms with Gasteiger partial charge >= 0.3 is 6.03 Å². The molecule has 10 heteroatoms. The average molecular weight is 391 g/mol. The number of carbonyl (C=O) groups excluding carboxylic acids is 2. The van der Waals surface area contributed by atoms with Gasteiger partial charge in [0.25, 0.3) is 17.2 Å². The van der Waals surface area contributed by atoms with Crippen LogP contribution < -0.4 is 24.4 Å². The zero-order valence-corrected chi connectivity index (χ0v) is 15.1. The Morgan fingerprint density at radius 1 is 1.11 bits per heavy atom. The molecule has 0 bridgehead atoms. The number of hydrogen-bond donors (Lipinski definition) is 3. The molecule has 1 saturated heterocycles. The third-order valence-electron chi connectivity index (χ3n) is 3.80. The molecule has 1 unspecified atom stereocenters. The second-order valence-corrected chi connectivity index (χ2v) is 6.48. The lowest BCUT2D eigenvalue weighted by molar-refractivity contribution is -0.119. The molecule has 0 aromatic heterocycles. The Bertz CT molecular complexity index is 873. The van der Waals surface area contributed by atoms with Crippen molar-refractivity contribution in [2.24, 2.45) is 0 Å². The molecule has 0 radical (unpaired) electrons. The molecule has 3 amide bonds. The number of carbonyl (C=O) groups is 2. The first-order valence-electron chi connectivity index (χ1n) is 7.88. The van der Waals surface area contributed by atoms with E-state index in [1.807, 2.05) is 0 Å². The van der Waals surface area contributed by atoms with E-state index < -0.39 is 29.2 Å². The molecule has 9 nitrogen and oxygen atoms in total. The van der Waals surface area contributed by atoms with Crippen LogP contribution in [0.25, 0.3) is 0 Å². The minimum absolute atomic E-state index is 0.174. The SMILES string of the molecule is COc1ccc(Oc2cccc(N(C[C@@H]3NC(=O)NC3=O)S(=O)O)c2)cc1. The second-order valence-electron chi connectivity index (χ2n) is 5.58. The van der Waals surface area contributed by atoms with Crippen LogP contribution >= 0.6 is 0 Å². The van der Waals surface area contributed by atoms with E-state index in [0.717, 1.165) is 4.31 Å². The van der Waals surface area contributed by atoms with Gasteiger partial charge < -0.3 is 14.8 Å². The van der Waals surface area contributed by atoms with E-state index in [1.165, 1.54) is 0 Å². The first-order chi connectivity index (χ1) is 13.0. The van der Waals surface area contributed by atoms with E-state index in [1.54, 1.807) is 55.6 Å². The van der Waals surface area contributed by atoms with E-state index in [2.05, 4.69) is 10.6 Å². The van der Waals surface area contributed by atoms with Crippen molar-refractivity contribution < 1.29 is 27.8 Å². The summed E-state index contributed by atoms with van der Waals surface area (Å²) in [6.45, 7) is -0.174. The van der Waals surface area contributed by atoms with Crippen molar-refractivity contribution in [2.75, 3.05) is 18.0 Å². The van der Waals surface area contributed by atoms with Gasteiger partial charge in [0.2, 0.25) is 0 Å². The zero-order valence-electron chi connectivity index (χ0n) is 14.2. The highest BCUT2D eigenvalue weighted by Gasteiger charge is 2.32. The van der Waals surface area contributed by atoms with Crippen molar-refractivity contribution in [1.29, 1.82) is 0 Å². The highest BCUT2D eigenvalue weighted by molar-refractivity contribution is 7.80. The highest BCUT2D eigenvalue weighted by Crippen LogP contribution is 2.28. The van der Waals surface area contributed by atoms with Crippen LogP contribution in [0.3, 0.4) is 0 Å². The Kier molecular flexibility index (Phi) is 5.57. The van der Waals surface area contributed by atoms with Crippen LogP contribution in [0.4, 0.5) is 10.5 Å². The van der Waals surface area contributed by atoms with Gasteiger partial charge in [0, 0.05) is 6.07 Å². The van der Waals surface area contributed by atoms with E-state index >= 15 is 0 Å². The molecule has 2 atom stereocenters. The van der Waals surface area contributed by atoms with E-state index in [4.69, 9.17) is 9.47 Å². The number of imide groups is 1. The third kappa shape index (κ3) is 4.54. The highest BCUT2D eigenvalue weighted by atomic mass is 32.2. The maximum Gasteiger partial charge on any atom is 0.322 e. The topological polar surface area (TPSA) is 117 Å². The van der Waals surface area contributed by atoms with Gasteiger partial charge in [-0.2, -0.15) is 0 Å². The standard InChI is InChI=1S/C17H17N3O6S/c1-25-12-5-7-13(8-6-12)26-14-4-2-3-11(9-14)20(27(23)24)10-15-16(21)19-17(22)18-15/h2-9,15H,10H2,1H3,(H,23,24)(H2,18,19,21,22)/t15-/m0/s1. The maximum absolute atomic E-state index is 11.8. The number of nitrogens with one attached hydrogen (secondary N) is 2. The smallest absolute Gasteiger partial charge is 0.322 e. The molecule has 2 aromatic rings. The largest absolute Gasteiger partial charge is 0.497 e. The summed E-state index contributed by atoms with van der Waals surface area (Å²) in [6, 6.07) is 11.9. The molecule has 1 fully saturated rings. The molecular weight excluding hydrogens is 374 g/mol. The molecule has 27 heavy (non-hydrogen) atoms. The number of hydrogen-bond acceptors (Lipinski definition) is 5. The molecular formula is C17H17N3O6S. The predicted molar refractivity (Wildman–Crippen MR) is 98.1 cm³/mol. The van der Waals surface area contributed by atoms with Crippen LogP contribution in [0.2, 0.25) is 0 Å². The van der Waals surface area contributed by atoms with Crippen molar-refractivity contribution in [3.8, 4) is 17.2 Å². The van der Waals surface area contributed by atoms with Gasteiger partial charge in [-0.15, -0.1) is 0 Å². The summed E-state index contributed by atoms with van der Waals surface area (Å²) in [7, 11) is 1.57. The predicted octanol–water partition coefficient (Wildman–Crippen LogP) is 1.64. The number of nitrogens with zero attached hydrogens (tertiary/aromatic N) is 1. The van der Waals surface area contributed by atoms with Crippen LogP contribution in [0.15, 0.2) is 48.5 Å². The molecule has 3 rings (SSSR count). The first kappa shape index (κ1) is 18.7. The summed E-state index contributed by atoms with van der Waals surface area (Å²) in [5.74, 6) is 1.14. The fourth-order valence-electron chi connectivity index (χ4n) is 2.49. The lowest BCUT2D eigenvalue weighted by atomic mass is 10.2. The first-order valence-corrected chi connectivity index (χ1v) is 8.94. The van der Waals surface area contributed by atoms with Crippen LogP contribution in [0, 0.1) is 0 Å². The van der Waals surface area contributed by atoms with E-state index in [-0.39, 0.29) is 6.54 Å². The van der Waals surface area contributed by atoms with E-state index in [0.29, 0.717) is 22.9 Å². The van der Waals surface area contributed by atoms with Gasteiger partial charge in [0.05, 0.1) is 19.3 Å². The molecule has 0 spiro atoms. The van der Waals surface area contributed by atoms with Gasteiger partial charge in [-0.05, 0) is 36.4 Å². The van der Waals surface area contributed by atoms with Gasteiger partial charge in [0.15, 0.2) is 0 Å². The van der Waals surface area contributed by atoms with Gasteiger partial charge in [-0.1, -0.05) is 6.07 Å². The number of ether oxygens (including phenoxy) is 2. The van der Waals surface area contributed by atoms with Crippen molar-refractivity contribution in [2.45, 2.75) is 6.04 Å². The Morgan fingerprint density at radius 2 is 1.81 bits per heavy atom. The van der Waals surface area contributed by atoms with Gasteiger partial charge in [-0.3, -0.25) is 19.0 Å². The molecule has 1 aliphatic heterocycles. The van der Waals surface area contributed by atoms with Crippen LogP contribution in [-0.2, 0) is 16.1 Å². The maximum atomic E-state index is 11.8. The van der Waals surface area contributed by atoms with E-state index in [9.17, 15) is 18.4 Å². The van der Waals surface area contributed by atoms with Crippen LogP contribution in [0.5, 0.6) is 17.2 Å². The lowest BCUT2D eigenvalue weighted by Crippen LogP contribution is -2.42. The molecule has 0 aliphatic carbocycles. The number of amides is 3. The van der Waals surface area contributed by atoms with Crippen LogP contribution in [0.1, 0.15) is 0 Å². The molecule has 0 saturated carbocycles. The third-order valence-corrected chi connectivity index (χ3v) is 4.53. The second kappa shape index (κ2) is 8.06. The minimum atomic E-state index is -2.41. The van der Waals surface area contributed by atoms with Gasteiger partial charge in [-0.25, -0.2) is 9.00 Å². The zero-order chi connectivity index (χ0) is 19.4. The molecule has 1 aliphatic rings. The summed E-state index contributed by atoms with van der Waals surface area (Å²) in [5, 5.41) is 4.48. The van der Waals surface area contributed by atoms with Crippen molar-refractivity contribution in [3.05, 3.63) is 48.5 Å². The normalized spacial score (nSPS) is 17.0. The Morgan fingerprint density at radius 3 is 2.41 bits per heavy atom. The molecule has 3 N–H and O–H groups in total. The summed E-state index contributed by atoms with van der Waals surface area (Å²) in [5.41, 5.74) is 0.357. The average Bonchev–Trinajstić information content (AvgIpc) is 2.97. The molecule has 1 heterocycles. The Labute approximate surface area is 157 Å². The van der Waals surface area contributed by atoms with Crippen LogP contribution in [-0.4, -0.2) is 40.4 Å². The number of methoxy groups -OCH3 is 1. The van der Waals surface area contributed by atoms with Crippen molar-refractivity contribution >= 4 is 28.9 Å². The number of rotatable bonds is 7. The summed E-state index contributed by atoms with van der Waals surface area (Å²) in [4.78, 5) is 22.9. The molecule has 142 valence electrons. The number of urea groups is 1. The quantitative estimate of drug-likeness (QED) is 0.488. The Hall–Kier alpha value is -3.11. The van der Waals surface area contributed by atoms with Crippen molar-refractivity contribution in [1.82, 2.24) is 10.6 Å². The minimum Gasteiger partial charge on any atom is -0.497 e. The molecule has 2 aromatic carbocycles. The lowest BCUT2D eigenvalue weighted by Gasteiger charge is -2.22. The fourth-order valence-corrected chi connectivity index (χ4v) is 3.07. The summed E-state index contributed by atoms with van der Waals surface area (Å²) in [6.07, 6.45) is 0. The summed E-state index contributed by atoms with van der Waals surface area (Å²) < 4.78 is 33.3. The van der Waals surface area contributed by atoms with Gasteiger partial charge in [0.1, 0.15) is 23.3 Å². The monoisotopic (exact) mass is 391 g/mol. The fraction of sp³-hybridized carbons (Fsp3) is 0.176. The van der Waals surface area contributed by atoms with Crippen molar-refractivity contribution in [3.63, 3.8) is 0 Å². The Balaban J connectivity index is 1.77.